The van der Waals surface area contributed by atoms with E-state index in [1.54, 1.807) is 6.08 Å². The first-order valence-corrected chi connectivity index (χ1v) is 9.60. The Hall–Kier alpha value is -1.21. The average Bonchev–Trinajstić information content (AvgIpc) is 2.50. The van der Waals surface area contributed by atoms with E-state index in [2.05, 4.69) is 23.5 Å². The highest BCUT2D eigenvalue weighted by molar-refractivity contribution is 7.92. The Morgan fingerprint density at radius 3 is 2.52 bits per heavy atom. The van der Waals surface area contributed by atoms with Crippen LogP contribution in [0.3, 0.4) is 0 Å². The highest BCUT2D eigenvalue weighted by Gasteiger charge is 2.21. The zero-order valence-corrected chi connectivity index (χ0v) is 14.6. The van der Waals surface area contributed by atoms with E-state index in [1.165, 1.54) is 5.41 Å². The van der Waals surface area contributed by atoms with E-state index in [-0.39, 0.29) is 12.2 Å². The van der Waals surface area contributed by atoms with Gasteiger partial charge in [-0.15, -0.1) is 0 Å². The van der Waals surface area contributed by atoms with E-state index in [4.69, 9.17) is 4.74 Å². The Labute approximate surface area is 139 Å². The van der Waals surface area contributed by atoms with E-state index in [0.29, 0.717) is 6.54 Å². The van der Waals surface area contributed by atoms with Gasteiger partial charge in [-0.25, -0.2) is 13.1 Å². The van der Waals surface area contributed by atoms with Crippen molar-refractivity contribution in [3.8, 4) is 0 Å². The molecule has 128 valence electrons. The maximum absolute atomic E-state index is 11.9. The predicted octanol–water partition coefficient (Wildman–Crippen LogP) is 2.08. The topological polar surface area (TPSA) is 58.6 Å². The molecule has 0 bridgehead atoms. The Balaban J connectivity index is 1.71. The first-order chi connectivity index (χ1) is 10.9. The summed E-state index contributed by atoms with van der Waals surface area (Å²) in [6, 6.07) is 9.39. The summed E-state index contributed by atoms with van der Waals surface area (Å²) in [5, 5.41) is 1.22. The molecule has 6 heteroatoms. The molecule has 1 aromatic rings. The first kappa shape index (κ1) is 18.1. The molecule has 0 amide bonds. The molecule has 2 atom stereocenters. The van der Waals surface area contributed by atoms with Crippen LogP contribution in [0.5, 0.6) is 0 Å². The quantitative estimate of drug-likeness (QED) is 0.773. The van der Waals surface area contributed by atoms with Gasteiger partial charge in [-0.05, 0) is 38.5 Å². The van der Waals surface area contributed by atoms with Crippen molar-refractivity contribution >= 4 is 16.1 Å². The third-order valence-electron chi connectivity index (χ3n) is 3.69. The van der Waals surface area contributed by atoms with Gasteiger partial charge in [0.15, 0.2) is 0 Å². The van der Waals surface area contributed by atoms with Gasteiger partial charge in [-0.2, -0.15) is 0 Å². The molecule has 2 rings (SSSR count). The Morgan fingerprint density at radius 2 is 1.87 bits per heavy atom. The number of hydrogen-bond acceptors (Lipinski definition) is 4. The van der Waals surface area contributed by atoms with E-state index >= 15 is 0 Å². The fourth-order valence-corrected chi connectivity index (χ4v) is 3.63. The molecule has 1 saturated heterocycles. The van der Waals surface area contributed by atoms with E-state index < -0.39 is 10.0 Å². The minimum atomic E-state index is -3.38. The molecule has 23 heavy (non-hydrogen) atoms. The molecule has 0 saturated carbocycles. The average molecular weight is 338 g/mol. The first-order valence-electron chi connectivity index (χ1n) is 8.05. The van der Waals surface area contributed by atoms with Crippen LogP contribution in [0.15, 0.2) is 35.7 Å². The molecule has 1 aliphatic heterocycles. The normalized spacial score (nSPS) is 23.4. The summed E-state index contributed by atoms with van der Waals surface area (Å²) in [6.07, 6.45) is 2.87. The Kier molecular flexibility index (Phi) is 6.77. The molecule has 0 spiro atoms. The summed E-state index contributed by atoms with van der Waals surface area (Å²) >= 11 is 0. The molecule has 0 radical (unpaired) electrons. The second kappa shape index (κ2) is 8.59. The van der Waals surface area contributed by atoms with Gasteiger partial charge in [0.2, 0.25) is 10.0 Å². The molecule has 1 heterocycles. The summed E-state index contributed by atoms with van der Waals surface area (Å²) < 4.78 is 32.2. The Morgan fingerprint density at radius 1 is 1.22 bits per heavy atom. The van der Waals surface area contributed by atoms with Crippen molar-refractivity contribution in [1.29, 1.82) is 0 Å². The Bertz CT molecular complexity index is 592. The third-order valence-corrected chi connectivity index (χ3v) is 4.79. The van der Waals surface area contributed by atoms with E-state index in [1.807, 2.05) is 30.3 Å². The lowest BCUT2D eigenvalue weighted by molar-refractivity contribution is -0.0679. The monoisotopic (exact) mass is 338 g/mol. The number of nitrogens with one attached hydrogen (secondary N) is 1. The van der Waals surface area contributed by atoms with Crippen molar-refractivity contribution in [3.05, 3.63) is 41.3 Å². The van der Waals surface area contributed by atoms with Crippen molar-refractivity contribution < 1.29 is 13.2 Å². The largest absolute Gasteiger partial charge is 0.373 e. The molecule has 1 aliphatic rings. The standard InChI is InChI=1S/C17H26N2O3S/c1-15-13-19(14-16(2)22-15)11-6-10-18-23(20,21)12-9-17-7-4-3-5-8-17/h3-5,7-9,12,15-16,18H,6,10-11,13-14H2,1-2H3/b12-9+. The SMILES string of the molecule is CC1CN(CCCNS(=O)(=O)/C=C/c2ccccc2)CC(C)O1. The van der Waals surface area contributed by atoms with Crippen LogP contribution in [0.2, 0.25) is 0 Å². The van der Waals surface area contributed by atoms with Crippen LogP contribution in [0.4, 0.5) is 0 Å². The number of ether oxygens (including phenoxy) is 1. The van der Waals surface area contributed by atoms with Crippen LogP contribution in [-0.2, 0) is 14.8 Å². The maximum Gasteiger partial charge on any atom is 0.233 e. The van der Waals surface area contributed by atoms with Crippen molar-refractivity contribution in [1.82, 2.24) is 9.62 Å². The third kappa shape index (κ3) is 6.83. The highest BCUT2D eigenvalue weighted by Crippen LogP contribution is 2.10. The van der Waals surface area contributed by atoms with Gasteiger partial charge in [0.25, 0.3) is 0 Å². The van der Waals surface area contributed by atoms with Gasteiger partial charge in [0.05, 0.1) is 12.2 Å². The van der Waals surface area contributed by atoms with Crippen LogP contribution in [-0.4, -0.2) is 51.7 Å². The van der Waals surface area contributed by atoms with Crippen molar-refractivity contribution in [2.24, 2.45) is 0 Å². The van der Waals surface area contributed by atoms with E-state index in [0.717, 1.165) is 31.6 Å². The van der Waals surface area contributed by atoms with Gasteiger partial charge in [0, 0.05) is 25.0 Å². The van der Waals surface area contributed by atoms with Gasteiger partial charge < -0.3 is 4.74 Å². The van der Waals surface area contributed by atoms with Crippen molar-refractivity contribution in [3.63, 3.8) is 0 Å². The minimum absolute atomic E-state index is 0.240. The second-order valence-electron chi connectivity index (χ2n) is 6.02. The lowest BCUT2D eigenvalue weighted by Crippen LogP contribution is -2.46. The van der Waals surface area contributed by atoms with Gasteiger partial charge in [0.1, 0.15) is 0 Å². The molecular weight excluding hydrogens is 312 g/mol. The summed E-state index contributed by atoms with van der Waals surface area (Å²) in [4.78, 5) is 2.33. The fraction of sp³-hybridized carbons (Fsp3) is 0.529. The summed E-state index contributed by atoms with van der Waals surface area (Å²) in [5.74, 6) is 0. The van der Waals surface area contributed by atoms with Crippen LogP contribution >= 0.6 is 0 Å². The number of morpholine rings is 1. The minimum Gasteiger partial charge on any atom is -0.373 e. The zero-order valence-electron chi connectivity index (χ0n) is 13.8. The molecule has 5 nitrogen and oxygen atoms in total. The molecule has 1 aromatic carbocycles. The van der Waals surface area contributed by atoms with Crippen LogP contribution < -0.4 is 4.72 Å². The van der Waals surface area contributed by atoms with Gasteiger partial charge in [-0.1, -0.05) is 30.3 Å². The number of benzene rings is 1. The molecule has 0 aliphatic carbocycles. The molecule has 1 fully saturated rings. The number of hydrogen-bond donors (Lipinski definition) is 1. The highest BCUT2D eigenvalue weighted by atomic mass is 32.2. The summed E-state index contributed by atoms with van der Waals surface area (Å²) in [5.41, 5.74) is 0.870. The van der Waals surface area contributed by atoms with E-state index in [9.17, 15) is 8.42 Å². The maximum atomic E-state index is 11.9. The van der Waals surface area contributed by atoms with Crippen molar-refractivity contribution in [2.75, 3.05) is 26.2 Å². The molecule has 2 unspecified atom stereocenters. The van der Waals surface area contributed by atoms with Crippen LogP contribution in [0, 0.1) is 0 Å². The zero-order chi connectivity index (χ0) is 16.7. The van der Waals surface area contributed by atoms with Gasteiger partial charge in [-0.3, -0.25) is 4.90 Å². The fourth-order valence-electron chi connectivity index (χ4n) is 2.76. The predicted molar refractivity (Wildman–Crippen MR) is 93.5 cm³/mol. The second-order valence-corrected chi connectivity index (χ2v) is 7.67. The van der Waals surface area contributed by atoms with Crippen LogP contribution in [0.25, 0.3) is 6.08 Å². The molecule has 1 N–H and O–H groups in total. The molecular formula is C17H26N2O3S. The lowest BCUT2D eigenvalue weighted by atomic mass is 10.2. The van der Waals surface area contributed by atoms with Crippen LogP contribution in [0.1, 0.15) is 25.8 Å². The number of nitrogens with zero attached hydrogens (tertiary/aromatic N) is 1. The van der Waals surface area contributed by atoms with Gasteiger partial charge >= 0.3 is 0 Å². The van der Waals surface area contributed by atoms with Crippen molar-refractivity contribution in [2.45, 2.75) is 32.5 Å². The summed E-state index contributed by atoms with van der Waals surface area (Å²) in [7, 11) is -3.38. The lowest BCUT2D eigenvalue weighted by Gasteiger charge is -2.35. The molecule has 0 aromatic heterocycles. The number of sulfonamides is 1. The smallest absolute Gasteiger partial charge is 0.233 e. The summed E-state index contributed by atoms with van der Waals surface area (Å²) in [6.45, 7) is 7.28. The number of rotatable bonds is 7.